The Bertz CT molecular complexity index is 486. The van der Waals surface area contributed by atoms with Gasteiger partial charge in [0.05, 0.1) is 11.7 Å². The smallest absolute Gasteiger partial charge is 0.142 e. The van der Waals surface area contributed by atoms with E-state index in [9.17, 15) is 0 Å². The summed E-state index contributed by atoms with van der Waals surface area (Å²) in [5.74, 6) is 0.967. The molecule has 4 nitrogen and oxygen atoms in total. The molecular weight excluding hydrogens is 190 g/mol. The number of hydrogen-bond donors (Lipinski definition) is 1. The van der Waals surface area contributed by atoms with Crippen LogP contribution < -0.4 is 5.73 Å². The van der Waals surface area contributed by atoms with Crippen LogP contribution >= 0.6 is 0 Å². The van der Waals surface area contributed by atoms with Gasteiger partial charge in [0.15, 0.2) is 0 Å². The van der Waals surface area contributed by atoms with Gasteiger partial charge in [0.2, 0.25) is 0 Å². The molecule has 0 amide bonds. The lowest BCUT2D eigenvalue weighted by Gasteiger charge is -2.08. The number of anilines is 1. The molecule has 1 unspecified atom stereocenters. The van der Waals surface area contributed by atoms with Gasteiger partial charge in [-0.3, -0.25) is 4.40 Å². The van der Waals surface area contributed by atoms with Crippen molar-refractivity contribution in [1.82, 2.24) is 9.38 Å². The van der Waals surface area contributed by atoms with E-state index in [0.717, 1.165) is 36.5 Å². The number of imidazole rings is 1. The molecule has 1 atom stereocenters. The largest absolute Gasteiger partial charge is 0.398 e. The second-order valence-corrected chi connectivity index (χ2v) is 3.88. The third-order valence-corrected chi connectivity index (χ3v) is 2.80. The van der Waals surface area contributed by atoms with E-state index in [1.165, 1.54) is 0 Å². The van der Waals surface area contributed by atoms with Crippen LogP contribution in [0.3, 0.4) is 0 Å². The molecule has 1 aliphatic rings. The number of fused-ring (bicyclic) bond motifs is 1. The first kappa shape index (κ1) is 8.73. The summed E-state index contributed by atoms with van der Waals surface area (Å²) in [5.41, 5.74) is 7.58. The maximum absolute atomic E-state index is 5.76. The SMILES string of the molecule is Nc1ccc2cnc(C3CCCO3)n2c1. The van der Waals surface area contributed by atoms with Gasteiger partial charge >= 0.3 is 0 Å². The Morgan fingerprint density at radius 3 is 3.20 bits per heavy atom. The predicted octanol–water partition coefficient (Wildman–Crippen LogP) is 1.77. The minimum absolute atomic E-state index is 0.134. The molecule has 1 saturated heterocycles. The van der Waals surface area contributed by atoms with Crippen molar-refractivity contribution < 1.29 is 4.74 Å². The Labute approximate surface area is 87.7 Å². The van der Waals surface area contributed by atoms with Crippen molar-refractivity contribution in [3.05, 3.63) is 30.4 Å². The van der Waals surface area contributed by atoms with Crippen LogP contribution in [0.15, 0.2) is 24.5 Å². The molecule has 2 aromatic heterocycles. The third-order valence-electron chi connectivity index (χ3n) is 2.80. The standard InChI is InChI=1S/C11H13N3O/c12-8-3-4-9-6-13-11(14(9)7-8)10-2-1-5-15-10/h3-4,6-7,10H,1-2,5,12H2. The first-order valence-electron chi connectivity index (χ1n) is 5.19. The minimum atomic E-state index is 0.134. The van der Waals surface area contributed by atoms with Gasteiger partial charge in [-0.1, -0.05) is 0 Å². The summed E-state index contributed by atoms with van der Waals surface area (Å²) in [6, 6.07) is 3.86. The van der Waals surface area contributed by atoms with Crippen molar-refractivity contribution in [2.24, 2.45) is 0 Å². The normalized spacial score (nSPS) is 21.2. The molecule has 3 heterocycles. The maximum atomic E-state index is 5.76. The number of pyridine rings is 1. The quantitative estimate of drug-likeness (QED) is 0.768. The first-order valence-corrected chi connectivity index (χ1v) is 5.19. The van der Waals surface area contributed by atoms with Crippen LogP contribution in [-0.2, 0) is 4.74 Å². The van der Waals surface area contributed by atoms with Crippen LogP contribution in [0.5, 0.6) is 0 Å². The molecule has 0 radical (unpaired) electrons. The van der Waals surface area contributed by atoms with Crippen molar-refractivity contribution in [2.45, 2.75) is 18.9 Å². The van der Waals surface area contributed by atoms with Crippen LogP contribution in [0.2, 0.25) is 0 Å². The van der Waals surface area contributed by atoms with Crippen LogP contribution in [0.25, 0.3) is 5.52 Å². The van der Waals surface area contributed by atoms with E-state index in [-0.39, 0.29) is 6.10 Å². The zero-order valence-electron chi connectivity index (χ0n) is 8.39. The topological polar surface area (TPSA) is 52.5 Å². The molecule has 0 aromatic carbocycles. The molecule has 0 aliphatic carbocycles. The third kappa shape index (κ3) is 1.37. The van der Waals surface area contributed by atoms with Gasteiger partial charge in [-0.25, -0.2) is 4.98 Å². The second-order valence-electron chi connectivity index (χ2n) is 3.88. The Hall–Kier alpha value is -1.55. The van der Waals surface area contributed by atoms with E-state index < -0.39 is 0 Å². The molecule has 4 heteroatoms. The van der Waals surface area contributed by atoms with E-state index >= 15 is 0 Å². The van der Waals surface area contributed by atoms with Gasteiger partial charge in [-0.15, -0.1) is 0 Å². The molecule has 0 spiro atoms. The summed E-state index contributed by atoms with van der Waals surface area (Å²) in [5, 5.41) is 0. The first-order chi connectivity index (χ1) is 7.34. The number of nitrogens with zero attached hydrogens (tertiary/aromatic N) is 2. The molecule has 1 aliphatic heterocycles. The zero-order valence-corrected chi connectivity index (χ0v) is 8.39. The number of aromatic nitrogens is 2. The highest BCUT2D eigenvalue weighted by Crippen LogP contribution is 2.28. The van der Waals surface area contributed by atoms with E-state index in [1.807, 2.05) is 28.9 Å². The number of rotatable bonds is 1. The molecule has 3 rings (SSSR count). The second kappa shape index (κ2) is 3.24. The van der Waals surface area contributed by atoms with E-state index in [2.05, 4.69) is 4.98 Å². The highest BCUT2D eigenvalue weighted by molar-refractivity contribution is 5.52. The highest BCUT2D eigenvalue weighted by Gasteiger charge is 2.21. The number of hydrogen-bond acceptors (Lipinski definition) is 3. The fraction of sp³-hybridized carbons (Fsp3) is 0.364. The molecule has 1 fully saturated rings. The Kier molecular flexibility index (Phi) is 1.89. The van der Waals surface area contributed by atoms with Crippen molar-refractivity contribution in [3.8, 4) is 0 Å². The van der Waals surface area contributed by atoms with Crippen LogP contribution in [0, 0.1) is 0 Å². The summed E-state index contributed by atoms with van der Waals surface area (Å²) < 4.78 is 7.64. The van der Waals surface area contributed by atoms with Crippen molar-refractivity contribution in [1.29, 1.82) is 0 Å². The summed E-state index contributed by atoms with van der Waals surface area (Å²) in [7, 11) is 0. The predicted molar refractivity (Wildman–Crippen MR) is 57.5 cm³/mol. The van der Waals surface area contributed by atoms with E-state index in [0.29, 0.717) is 0 Å². The lowest BCUT2D eigenvalue weighted by Crippen LogP contribution is -2.03. The van der Waals surface area contributed by atoms with E-state index in [4.69, 9.17) is 10.5 Å². The van der Waals surface area contributed by atoms with Gasteiger partial charge in [0, 0.05) is 18.5 Å². The highest BCUT2D eigenvalue weighted by atomic mass is 16.5. The van der Waals surface area contributed by atoms with Crippen molar-refractivity contribution >= 4 is 11.2 Å². The summed E-state index contributed by atoms with van der Waals surface area (Å²) in [6.45, 7) is 0.835. The molecule has 0 bridgehead atoms. The average Bonchev–Trinajstić information content (AvgIpc) is 2.83. The molecule has 0 saturated carbocycles. The lowest BCUT2D eigenvalue weighted by molar-refractivity contribution is 0.104. The molecule has 78 valence electrons. The Morgan fingerprint density at radius 1 is 1.47 bits per heavy atom. The van der Waals surface area contributed by atoms with Gasteiger partial charge in [-0.2, -0.15) is 0 Å². The summed E-state index contributed by atoms with van der Waals surface area (Å²) in [6.07, 6.45) is 6.06. The lowest BCUT2D eigenvalue weighted by atomic mass is 10.2. The van der Waals surface area contributed by atoms with Crippen LogP contribution in [0.4, 0.5) is 5.69 Å². The summed E-state index contributed by atoms with van der Waals surface area (Å²) in [4.78, 5) is 4.40. The zero-order chi connectivity index (χ0) is 10.3. The van der Waals surface area contributed by atoms with Crippen LogP contribution in [0.1, 0.15) is 24.8 Å². The van der Waals surface area contributed by atoms with E-state index in [1.54, 1.807) is 0 Å². The monoisotopic (exact) mass is 203 g/mol. The molecular formula is C11H13N3O. The van der Waals surface area contributed by atoms with Crippen molar-refractivity contribution in [2.75, 3.05) is 12.3 Å². The van der Waals surface area contributed by atoms with Gasteiger partial charge in [-0.05, 0) is 25.0 Å². The summed E-state index contributed by atoms with van der Waals surface area (Å²) >= 11 is 0. The average molecular weight is 203 g/mol. The number of ether oxygens (including phenoxy) is 1. The van der Waals surface area contributed by atoms with Crippen LogP contribution in [-0.4, -0.2) is 16.0 Å². The Morgan fingerprint density at radius 2 is 2.40 bits per heavy atom. The fourth-order valence-electron chi connectivity index (χ4n) is 2.05. The number of nitrogen functional groups attached to an aromatic ring is 1. The van der Waals surface area contributed by atoms with Gasteiger partial charge < -0.3 is 10.5 Å². The number of nitrogens with two attached hydrogens (primary N) is 1. The minimum Gasteiger partial charge on any atom is -0.398 e. The molecule has 15 heavy (non-hydrogen) atoms. The van der Waals surface area contributed by atoms with Gasteiger partial charge in [0.1, 0.15) is 11.9 Å². The van der Waals surface area contributed by atoms with Crippen molar-refractivity contribution in [3.63, 3.8) is 0 Å². The maximum Gasteiger partial charge on any atom is 0.142 e. The van der Waals surface area contributed by atoms with Gasteiger partial charge in [0.25, 0.3) is 0 Å². The molecule has 2 N–H and O–H groups in total. The fourth-order valence-corrected chi connectivity index (χ4v) is 2.05. The Balaban J connectivity index is 2.13. The molecule has 2 aromatic rings.